The molecule has 1 aromatic rings. The SMILES string of the molecule is COc1ccc(C(C)(O)C2CC(C)(C)OC2(C)C)cc1. The van der Waals surface area contributed by atoms with Crippen molar-refractivity contribution < 1.29 is 14.6 Å². The Kier molecular flexibility index (Phi) is 3.64. The van der Waals surface area contributed by atoms with Crippen molar-refractivity contribution in [3.05, 3.63) is 29.8 Å². The largest absolute Gasteiger partial charge is 0.497 e. The van der Waals surface area contributed by atoms with Crippen molar-refractivity contribution in [2.24, 2.45) is 5.92 Å². The Bertz CT molecular complexity index is 472. The number of hydrogen-bond acceptors (Lipinski definition) is 3. The fourth-order valence-electron chi connectivity index (χ4n) is 3.57. The molecule has 0 saturated carbocycles. The third-order valence-electron chi connectivity index (χ3n) is 4.43. The zero-order chi connectivity index (χ0) is 15.2. The molecular formula is C17H26O3. The molecule has 1 heterocycles. The predicted molar refractivity (Wildman–Crippen MR) is 79.9 cm³/mol. The third-order valence-corrected chi connectivity index (χ3v) is 4.43. The first-order valence-corrected chi connectivity index (χ1v) is 7.15. The topological polar surface area (TPSA) is 38.7 Å². The van der Waals surface area contributed by atoms with Crippen LogP contribution in [-0.4, -0.2) is 23.4 Å². The summed E-state index contributed by atoms with van der Waals surface area (Å²) in [5.41, 5.74) is -0.584. The molecule has 1 N–H and O–H groups in total. The molecule has 0 aliphatic carbocycles. The number of rotatable bonds is 3. The lowest BCUT2D eigenvalue weighted by Crippen LogP contribution is -2.42. The second-order valence-corrected chi connectivity index (χ2v) is 7.10. The van der Waals surface area contributed by atoms with Crippen LogP contribution in [0.4, 0.5) is 0 Å². The maximum atomic E-state index is 11.1. The summed E-state index contributed by atoms with van der Waals surface area (Å²) < 4.78 is 11.3. The quantitative estimate of drug-likeness (QED) is 0.919. The molecule has 3 nitrogen and oxygen atoms in total. The summed E-state index contributed by atoms with van der Waals surface area (Å²) in [5, 5.41) is 11.1. The lowest BCUT2D eigenvalue weighted by atomic mass is 9.72. The van der Waals surface area contributed by atoms with Crippen molar-refractivity contribution in [2.45, 2.75) is 57.8 Å². The molecular weight excluding hydrogens is 252 g/mol. The van der Waals surface area contributed by atoms with Gasteiger partial charge >= 0.3 is 0 Å². The molecule has 1 aromatic carbocycles. The van der Waals surface area contributed by atoms with Crippen molar-refractivity contribution in [3.63, 3.8) is 0 Å². The Morgan fingerprint density at radius 2 is 1.75 bits per heavy atom. The molecule has 3 heteroatoms. The first-order chi connectivity index (χ1) is 9.08. The third kappa shape index (κ3) is 2.70. The molecule has 112 valence electrons. The Labute approximate surface area is 121 Å². The van der Waals surface area contributed by atoms with Crippen molar-refractivity contribution in [1.29, 1.82) is 0 Å². The van der Waals surface area contributed by atoms with Gasteiger partial charge in [-0.1, -0.05) is 12.1 Å². The maximum Gasteiger partial charge on any atom is 0.118 e. The summed E-state index contributed by atoms with van der Waals surface area (Å²) in [4.78, 5) is 0. The Balaban J connectivity index is 2.33. The Morgan fingerprint density at radius 3 is 2.15 bits per heavy atom. The number of aliphatic hydroxyl groups is 1. The minimum atomic E-state index is -0.927. The van der Waals surface area contributed by atoms with E-state index < -0.39 is 5.60 Å². The summed E-state index contributed by atoms with van der Waals surface area (Å²) >= 11 is 0. The summed E-state index contributed by atoms with van der Waals surface area (Å²) in [7, 11) is 1.64. The normalized spacial score (nSPS) is 27.1. The van der Waals surface area contributed by atoms with E-state index in [2.05, 4.69) is 27.7 Å². The highest BCUT2D eigenvalue weighted by atomic mass is 16.5. The van der Waals surface area contributed by atoms with Gasteiger partial charge in [0.05, 0.1) is 23.9 Å². The number of hydrogen-bond donors (Lipinski definition) is 1. The smallest absolute Gasteiger partial charge is 0.118 e. The van der Waals surface area contributed by atoms with Gasteiger partial charge in [0, 0.05) is 5.92 Å². The average molecular weight is 278 g/mol. The molecule has 1 aliphatic heterocycles. The van der Waals surface area contributed by atoms with Crippen LogP contribution in [0.15, 0.2) is 24.3 Å². The highest BCUT2D eigenvalue weighted by Gasteiger charge is 2.53. The van der Waals surface area contributed by atoms with E-state index in [0.29, 0.717) is 0 Å². The van der Waals surface area contributed by atoms with Crippen LogP contribution in [0.5, 0.6) is 5.75 Å². The van der Waals surface area contributed by atoms with E-state index >= 15 is 0 Å². The van der Waals surface area contributed by atoms with Crippen LogP contribution >= 0.6 is 0 Å². The molecule has 1 aliphatic rings. The Hall–Kier alpha value is -1.06. The van der Waals surface area contributed by atoms with Gasteiger partial charge in [-0.2, -0.15) is 0 Å². The Morgan fingerprint density at radius 1 is 1.20 bits per heavy atom. The van der Waals surface area contributed by atoms with E-state index in [1.54, 1.807) is 7.11 Å². The average Bonchev–Trinajstić information content (AvgIpc) is 2.58. The van der Waals surface area contributed by atoms with Gasteiger partial charge in [0.1, 0.15) is 5.75 Å². The molecule has 2 rings (SSSR count). The molecule has 0 radical (unpaired) electrons. The van der Waals surface area contributed by atoms with Gasteiger partial charge in [-0.15, -0.1) is 0 Å². The zero-order valence-corrected chi connectivity index (χ0v) is 13.4. The van der Waals surface area contributed by atoms with Crippen molar-refractivity contribution in [3.8, 4) is 5.75 Å². The summed E-state index contributed by atoms with van der Waals surface area (Å²) in [6.45, 7) is 10.2. The van der Waals surface area contributed by atoms with Crippen molar-refractivity contribution in [1.82, 2.24) is 0 Å². The zero-order valence-electron chi connectivity index (χ0n) is 13.4. The van der Waals surface area contributed by atoms with Gasteiger partial charge in [-0.05, 0) is 58.7 Å². The predicted octanol–water partition coefficient (Wildman–Crippen LogP) is 3.50. The van der Waals surface area contributed by atoms with E-state index in [9.17, 15) is 5.11 Å². The highest BCUT2D eigenvalue weighted by Crippen LogP contribution is 2.50. The summed E-state index contributed by atoms with van der Waals surface area (Å²) in [5.74, 6) is 0.838. The van der Waals surface area contributed by atoms with E-state index in [4.69, 9.17) is 9.47 Å². The van der Waals surface area contributed by atoms with Crippen LogP contribution in [0.2, 0.25) is 0 Å². The summed E-state index contributed by atoms with van der Waals surface area (Å²) in [6, 6.07) is 7.63. The minimum absolute atomic E-state index is 0.0402. The van der Waals surface area contributed by atoms with E-state index in [-0.39, 0.29) is 17.1 Å². The second kappa shape index (κ2) is 4.74. The van der Waals surface area contributed by atoms with Gasteiger partial charge in [0.2, 0.25) is 0 Å². The number of ether oxygens (including phenoxy) is 2. The second-order valence-electron chi connectivity index (χ2n) is 7.10. The molecule has 2 unspecified atom stereocenters. The van der Waals surface area contributed by atoms with Crippen molar-refractivity contribution >= 4 is 0 Å². The van der Waals surface area contributed by atoms with Gasteiger partial charge in [-0.3, -0.25) is 0 Å². The molecule has 0 bridgehead atoms. The van der Waals surface area contributed by atoms with Crippen molar-refractivity contribution in [2.75, 3.05) is 7.11 Å². The van der Waals surface area contributed by atoms with E-state index in [1.807, 2.05) is 31.2 Å². The maximum absolute atomic E-state index is 11.1. The van der Waals surface area contributed by atoms with Crippen LogP contribution in [0, 0.1) is 5.92 Å². The molecule has 0 spiro atoms. The lowest BCUT2D eigenvalue weighted by molar-refractivity contribution is -0.110. The van der Waals surface area contributed by atoms with Crippen LogP contribution in [0.3, 0.4) is 0 Å². The van der Waals surface area contributed by atoms with Gasteiger partial charge < -0.3 is 14.6 Å². The minimum Gasteiger partial charge on any atom is -0.497 e. The lowest BCUT2D eigenvalue weighted by Gasteiger charge is -2.38. The molecule has 1 saturated heterocycles. The first kappa shape index (κ1) is 15.3. The van der Waals surface area contributed by atoms with E-state index in [1.165, 1.54) is 0 Å². The first-order valence-electron chi connectivity index (χ1n) is 7.15. The van der Waals surface area contributed by atoms with Gasteiger partial charge in [0.25, 0.3) is 0 Å². The van der Waals surface area contributed by atoms with Gasteiger partial charge in [-0.25, -0.2) is 0 Å². The van der Waals surface area contributed by atoms with E-state index in [0.717, 1.165) is 17.7 Å². The van der Waals surface area contributed by atoms with Crippen LogP contribution in [0.25, 0.3) is 0 Å². The molecule has 2 atom stereocenters. The fraction of sp³-hybridized carbons (Fsp3) is 0.647. The van der Waals surface area contributed by atoms with Gasteiger partial charge in [0.15, 0.2) is 0 Å². The molecule has 1 fully saturated rings. The fourth-order valence-corrected chi connectivity index (χ4v) is 3.57. The standard InChI is InChI=1S/C17H26O3/c1-15(2)11-14(16(3,4)20-15)17(5,18)12-7-9-13(19-6)10-8-12/h7-10,14,18H,11H2,1-6H3. The monoisotopic (exact) mass is 278 g/mol. The summed E-state index contributed by atoms with van der Waals surface area (Å²) in [6.07, 6.45) is 0.832. The van der Waals surface area contributed by atoms with Crippen LogP contribution < -0.4 is 4.74 Å². The number of benzene rings is 1. The van der Waals surface area contributed by atoms with Crippen LogP contribution in [-0.2, 0) is 10.3 Å². The molecule has 0 amide bonds. The molecule has 0 aromatic heterocycles. The number of methoxy groups -OCH3 is 1. The molecule has 20 heavy (non-hydrogen) atoms. The van der Waals surface area contributed by atoms with Crippen LogP contribution in [0.1, 0.15) is 46.6 Å². The highest BCUT2D eigenvalue weighted by molar-refractivity contribution is 5.31.